The number of nitro groups is 1. The Morgan fingerprint density at radius 1 is 1.10 bits per heavy atom. The fraction of sp³-hybridized carbons (Fsp3) is 0.524. The van der Waals surface area contributed by atoms with Gasteiger partial charge in [-0.1, -0.05) is 12.6 Å². The summed E-state index contributed by atoms with van der Waals surface area (Å²) in [4.78, 5) is 37.3. The summed E-state index contributed by atoms with van der Waals surface area (Å²) in [7, 11) is 0. The van der Waals surface area contributed by atoms with E-state index in [0.29, 0.717) is 11.1 Å². The second-order valence-corrected chi connectivity index (χ2v) is 8.68. The van der Waals surface area contributed by atoms with Crippen LogP contribution in [0.25, 0.3) is 5.57 Å². The first-order valence-corrected chi connectivity index (χ1v) is 9.28. The number of para-hydroxylation sites is 1. The van der Waals surface area contributed by atoms with Crippen LogP contribution in [0.1, 0.15) is 60.5 Å². The number of hydrogen-bond acceptors (Lipinski definition) is 6. The van der Waals surface area contributed by atoms with Gasteiger partial charge in [-0.3, -0.25) is 19.8 Å². The van der Waals surface area contributed by atoms with Gasteiger partial charge in [0.05, 0.1) is 16.9 Å². The maximum atomic E-state index is 12.8. The summed E-state index contributed by atoms with van der Waals surface area (Å²) < 4.78 is 10.7. The van der Waals surface area contributed by atoms with E-state index in [1.807, 2.05) is 0 Å². The number of hydrogen-bond donors (Lipinski definition) is 0. The Balaban J connectivity index is 3.36. The molecule has 0 unspecified atom stereocenters. The average Bonchev–Trinajstić information content (AvgIpc) is 2.50. The second-order valence-electron chi connectivity index (χ2n) is 8.68. The number of ether oxygens (including phenoxy) is 2. The lowest BCUT2D eigenvalue weighted by atomic mass is 10.0. The summed E-state index contributed by atoms with van der Waals surface area (Å²) in [5.74, 6) is -0.523. The molecule has 1 rings (SSSR count). The van der Waals surface area contributed by atoms with Crippen molar-refractivity contribution in [3.05, 3.63) is 40.5 Å². The van der Waals surface area contributed by atoms with Gasteiger partial charge in [-0.05, 0) is 66.2 Å². The molecule has 1 amide bonds. The molecule has 1 aromatic rings. The van der Waals surface area contributed by atoms with E-state index in [2.05, 4.69) is 6.58 Å². The predicted octanol–water partition coefficient (Wildman–Crippen LogP) is 5.10. The number of nitro benzene ring substituents is 1. The zero-order valence-electron chi connectivity index (χ0n) is 18.2. The molecule has 0 aliphatic carbocycles. The lowest BCUT2D eigenvalue weighted by Crippen LogP contribution is -2.39. The van der Waals surface area contributed by atoms with Crippen LogP contribution in [0.15, 0.2) is 24.8 Å². The third-order valence-corrected chi connectivity index (χ3v) is 3.52. The second kappa shape index (κ2) is 9.07. The molecule has 0 aliphatic heterocycles. The molecule has 0 saturated carbocycles. The zero-order chi connectivity index (χ0) is 22.6. The number of benzene rings is 1. The van der Waals surface area contributed by atoms with Gasteiger partial charge in [-0.2, -0.15) is 0 Å². The van der Waals surface area contributed by atoms with Crippen LogP contribution in [-0.4, -0.2) is 34.7 Å². The molecular weight excluding hydrogens is 376 g/mol. The molecule has 0 aromatic heterocycles. The molecule has 160 valence electrons. The van der Waals surface area contributed by atoms with Crippen molar-refractivity contribution < 1.29 is 24.0 Å². The Labute approximate surface area is 171 Å². The van der Waals surface area contributed by atoms with E-state index in [9.17, 15) is 19.7 Å². The normalized spacial score (nSPS) is 11.6. The SMILES string of the molecule is C=C(C)c1cccc(N(CCC(=O)OC(C)(C)C)C(=O)OC(C)(C)C)c1[N+](=O)[O-]. The Kier molecular flexibility index (Phi) is 7.55. The van der Waals surface area contributed by atoms with Gasteiger partial charge in [-0.15, -0.1) is 0 Å². The molecule has 0 radical (unpaired) electrons. The van der Waals surface area contributed by atoms with Gasteiger partial charge in [-0.25, -0.2) is 4.79 Å². The van der Waals surface area contributed by atoms with Gasteiger partial charge >= 0.3 is 12.1 Å². The van der Waals surface area contributed by atoms with Crippen molar-refractivity contribution in [2.75, 3.05) is 11.4 Å². The number of esters is 1. The van der Waals surface area contributed by atoms with Crippen molar-refractivity contribution in [1.82, 2.24) is 0 Å². The minimum atomic E-state index is -0.817. The third kappa shape index (κ3) is 7.56. The first kappa shape index (κ1) is 24.1. The Morgan fingerprint density at radius 2 is 1.66 bits per heavy atom. The molecule has 8 heteroatoms. The first-order chi connectivity index (χ1) is 13.1. The number of allylic oxidation sites excluding steroid dienone is 1. The van der Waals surface area contributed by atoms with Crippen molar-refractivity contribution in [2.24, 2.45) is 0 Å². The molecule has 0 spiro atoms. The van der Waals surface area contributed by atoms with Crippen molar-refractivity contribution in [3.63, 3.8) is 0 Å². The number of amides is 1. The minimum Gasteiger partial charge on any atom is -0.460 e. The van der Waals surface area contributed by atoms with E-state index in [1.54, 1.807) is 60.6 Å². The number of rotatable bonds is 6. The molecule has 0 bridgehead atoms. The summed E-state index contributed by atoms with van der Waals surface area (Å²) in [5, 5.41) is 11.8. The predicted molar refractivity (Wildman–Crippen MR) is 112 cm³/mol. The van der Waals surface area contributed by atoms with Crippen LogP contribution < -0.4 is 4.90 Å². The van der Waals surface area contributed by atoms with Crippen LogP contribution in [-0.2, 0) is 14.3 Å². The standard InChI is InChI=1S/C21H30N2O6/c1-14(2)15-10-9-11-16(18(15)23(26)27)22(19(25)29-21(6,7)8)13-12-17(24)28-20(3,4)5/h9-11H,1,12-13H2,2-8H3. The molecule has 0 atom stereocenters. The first-order valence-electron chi connectivity index (χ1n) is 9.28. The van der Waals surface area contributed by atoms with Crippen molar-refractivity contribution in [3.8, 4) is 0 Å². The quantitative estimate of drug-likeness (QED) is 0.370. The van der Waals surface area contributed by atoms with Crippen LogP contribution in [0.2, 0.25) is 0 Å². The zero-order valence-corrected chi connectivity index (χ0v) is 18.2. The average molecular weight is 406 g/mol. The van der Waals surface area contributed by atoms with Crippen LogP contribution >= 0.6 is 0 Å². The number of nitrogens with zero attached hydrogens (tertiary/aromatic N) is 2. The maximum absolute atomic E-state index is 12.8. The highest BCUT2D eigenvalue weighted by Gasteiger charge is 2.31. The van der Waals surface area contributed by atoms with Crippen molar-refractivity contribution in [1.29, 1.82) is 0 Å². The van der Waals surface area contributed by atoms with Crippen LogP contribution in [0.4, 0.5) is 16.2 Å². The largest absolute Gasteiger partial charge is 0.460 e. The summed E-state index contributed by atoms with van der Waals surface area (Å²) in [6.45, 7) is 15.6. The third-order valence-electron chi connectivity index (χ3n) is 3.52. The molecule has 0 N–H and O–H groups in total. The molecule has 29 heavy (non-hydrogen) atoms. The lowest BCUT2D eigenvalue weighted by molar-refractivity contribution is -0.384. The molecule has 0 heterocycles. The lowest BCUT2D eigenvalue weighted by Gasteiger charge is -2.28. The summed E-state index contributed by atoms with van der Waals surface area (Å²) in [6, 6.07) is 4.60. The molecular formula is C21H30N2O6. The van der Waals surface area contributed by atoms with Gasteiger partial charge in [0, 0.05) is 6.54 Å². The maximum Gasteiger partial charge on any atom is 0.415 e. The topological polar surface area (TPSA) is 99.0 Å². The van der Waals surface area contributed by atoms with Gasteiger partial charge in [0.2, 0.25) is 0 Å². The van der Waals surface area contributed by atoms with Crippen LogP contribution in [0.5, 0.6) is 0 Å². The number of carbonyl (C=O) groups is 2. The number of anilines is 1. The fourth-order valence-corrected chi connectivity index (χ4v) is 2.51. The smallest absolute Gasteiger partial charge is 0.415 e. The van der Waals surface area contributed by atoms with Gasteiger partial charge in [0.1, 0.15) is 16.9 Å². The highest BCUT2D eigenvalue weighted by molar-refractivity contribution is 5.93. The van der Waals surface area contributed by atoms with E-state index >= 15 is 0 Å². The van der Waals surface area contributed by atoms with E-state index in [-0.39, 0.29) is 24.3 Å². The molecule has 8 nitrogen and oxygen atoms in total. The summed E-state index contributed by atoms with van der Waals surface area (Å²) in [6.07, 6.45) is -0.937. The highest BCUT2D eigenvalue weighted by atomic mass is 16.6. The van der Waals surface area contributed by atoms with E-state index in [0.717, 1.165) is 4.90 Å². The molecule has 0 fully saturated rings. The van der Waals surface area contributed by atoms with E-state index in [4.69, 9.17) is 9.47 Å². The van der Waals surface area contributed by atoms with Crippen LogP contribution in [0, 0.1) is 10.1 Å². The van der Waals surface area contributed by atoms with Crippen molar-refractivity contribution in [2.45, 2.75) is 66.1 Å². The summed E-state index contributed by atoms with van der Waals surface area (Å²) >= 11 is 0. The van der Waals surface area contributed by atoms with E-state index in [1.165, 1.54) is 6.07 Å². The van der Waals surface area contributed by atoms with Gasteiger partial charge in [0.15, 0.2) is 0 Å². The minimum absolute atomic E-state index is 0.0355. The molecule has 0 saturated heterocycles. The fourth-order valence-electron chi connectivity index (χ4n) is 2.51. The summed E-state index contributed by atoms with van der Waals surface area (Å²) in [5.41, 5.74) is -0.946. The van der Waals surface area contributed by atoms with Crippen LogP contribution in [0.3, 0.4) is 0 Å². The Bertz CT molecular complexity index is 802. The van der Waals surface area contributed by atoms with Gasteiger partial charge < -0.3 is 9.47 Å². The number of carbonyl (C=O) groups excluding carboxylic acids is 2. The molecule has 1 aromatic carbocycles. The molecule has 0 aliphatic rings. The monoisotopic (exact) mass is 406 g/mol. The Hall–Kier alpha value is -2.90. The highest BCUT2D eigenvalue weighted by Crippen LogP contribution is 2.36. The van der Waals surface area contributed by atoms with E-state index < -0.39 is 28.2 Å². The van der Waals surface area contributed by atoms with Crippen molar-refractivity contribution >= 4 is 29.0 Å². The Morgan fingerprint density at radius 3 is 2.10 bits per heavy atom. The van der Waals surface area contributed by atoms with Gasteiger partial charge in [0.25, 0.3) is 5.69 Å².